The largest absolute Gasteiger partial charge is 0.389 e. The summed E-state index contributed by atoms with van der Waals surface area (Å²) < 4.78 is 38.7. The number of nitrogens with zero attached hydrogens (tertiary/aromatic N) is 1. The van der Waals surface area contributed by atoms with Crippen molar-refractivity contribution in [2.75, 3.05) is 28.7 Å². The Balaban J connectivity index is 2.38. The lowest BCUT2D eigenvalue weighted by Crippen LogP contribution is -2.48. The van der Waals surface area contributed by atoms with Gasteiger partial charge in [-0.25, -0.2) is 12.8 Å². The van der Waals surface area contributed by atoms with Crippen LogP contribution in [0.25, 0.3) is 0 Å². The van der Waals surface area contributed by atoms with Crippen molar-refractivity contribution in [3.63, 3.8) is 0 Å². The van der Waals surface area contributed by atoms with Crippen LogP contribution in [0.1, 0.15) is 25.5 Å². The maximum atomic E-state index is 14.3. The minimum atomic E-state index is -3.27. The third kappa shape index (κ3) is 3.52. The van der Waals surface area contributed by atoms with Crippen LogP contribution in [0.15, 0.2) is 18.2 Å². The van der Waals surface area contributed by atoms with E-state index in [1.165, 1.54) is 6.07 Å². The van der Waals surface area contributed by atoms with Gasteiger partial charge in [0.2, 0.25) is 0 Å². The van der Waals surface area contributed by atoms with Gasteiger partial charge in [-0.15, -0.1) is 0 Å². The maximum Gasteiger partial charge on any atom is 0.171 e. The minimum Gasteiger partial charge on any atom is -0.389 e. The maximum absolute atomic E-state index is 14.3. The zero-order chi connectivity index (χ0) is 15.6. The van der Waals surface area contributed by atoms with Gasteiger partial charge in [-0.05, 0) is 24.6 Å². The molecule has 118 valence electrons. The zero-order valence-corrected chi connectivity index (χ0v) is 13.8. The molecule has 1 aromatic rings. The van der Waals surface area contributed by atoms with E-state index >= 15 is 0 Å². The Bertz CT molecular complexity index is 604. The number of sulfone groups is 1. The molecule has 0 amide bonds. The van der Waals surface area contributed by atoms with Crippen molar-refractivity contribution in [2.24, 2.45) is 0 Å². The molecule has 21 heavy (non-hydrogen) atoms. The standard InChI is InChI=1S/C14H20FNO3S2/c1-3-21(18,19)14-9-20-7-6-16(14)13-5-4-11(10(2)17)8-12(13)15/h4-5,8,10,14,17H,3,6-7,9H2,1-2H3/t10-,14?/m0/s1. The number of benzene rings is 1. The highest BCUT2D eigenvalue weighted by Crippen LogP contribution is 2.30. The lowest BCUT2D eigenvalue weighted by molar-refractivity contribution is 0.199. The van der Waals surface area contributed by atoms with Crippen molar-refractivity contribution in [2.45, 2.75) is 25.3 Å². The Morgan fingerprint density at radius 3 is 2.81 bits per heavy atom. The molecule has 1 aliphatic rings. The Kier molecular flexibility index (Phi) is 5.16. The summed E-state index contributed by atoms with van der Waals surface area (Å²) in [6.07, 6.45) is -0.749. The van der Waals surface area contributed by atoms with Crippen LogP contribution in [0.4, 0.5) is 10.1 Å². The lowest BCUT2D eigenvalue weighted by Gasteiger charge is -2.36. The van der Waals surface area contributed by atoms with Crippen LogP contribution in [-0.4, -0.2) is 42.7 Å². The van der Waals surface area contributed by atoms with Crippen LogP contribution >= 0.6 is 11.8 Å². The monoisotopic (exact) mass is 333 g/mol. The van der Waals surface area contributed by atoms with Crippen molar-refractivity contribution in [1.29, 1.82) is 0 Å². The number of rotatable bonds is 4. The van der Waals surface area contributed by atoms with E-state index in [1.54, 1.807) is 42.6 Å². The molecule has 1 aliphatic heterocycles. The van der Waals surface area contributed by atoms with Gasteiger partial charge in [-0.1, -0.05) is 13.0 Å². The summed E-state index contributed by atoms with van der Waals surface area (Å²) in [5.74, 6) is 0.778. The van der Waals surface area contributed by atoms with Crippen LogP contribution in [0.3, 0.4) is 0 Å². The van der Waals surface area contributed by atoms with Gasteiger partial charge >= 0.3 is 0 Å². The molecule has 1 unspecified atom stereocenters. The average Bonchev–Trinajstić information content (AvgIpc) is 2.47. The molecule has 0 aromatic heterocycles. The number of hydrogen-bond donors (Lipinski definition) is 1. The summed E-state index contributed by atoms with van der Waals surface area (Å²) >= 11 is 1.57. The van der Waals surface area contributed by atoms with Gasteiger partial charge in [0.15, 0.2) is 9.84 Å². The summed E-state index contributed by atoms with van der Waals surface area (Å²) in [5.41, 5.74) is 0.777. The number of hydrogen-bond acceptors (Lipinski definition) is 5. The Morgan fingerprint density at radius 1 is 1.52 bits per heavy atom. The molecule has 0 radical (unpaired) electrons. The van der Waals surface area contributed by atoms with Crippen molar-refractivity contribution in [3.05, 3.63) is 29.6 Å². The highest BCUT2D eigenvalue weighted by atomic mass is 32.2. The fraction of sp³-hybridized carbons (Fsp3) is 0.571. The molecule has 1 aromatic carbocycles. The van der Waals surface area contributed by atoms with Gasteiger partial charge in [-0.2, -0.15) is 11.8 Å². The SMILES string of the molecule is CCS(=O)(=O)C1CSCCN1c1ccc([C@H](C)O)cc1F. The topological polar surface area (TPSA) is 57.6 Å². The smallest absolute Gasteiger partial charge is 0.171 e. The van der Waals surface area contributed by atoms with Crippen LogP contribution < -0.4 is 4.90 Å². The van der Waals surface area contributed by atoms with E-state index in [4.69, 9.17) is 0 Å². The quantitative estimate of drug-likeness (QED) is 0.915. The molecule has 4 nitrogen and oxygen atoms in total. The fourth-order valence-corrected chi connectivity index (χ4v) is 5.35. The van der Waals surface area contributed by atoms with E-state index in [1.807, 2.05) is 0 Å². The van der Waals surface area contributed by atoms with Gasteiger partial charge in [0.05, 0.1) is 11.8 Å². The van der Waals surface area contributed by atoms with E-state index in [0.717, 1.165) is 5.75 Å². The van der Waals surface area contributed by atoms with E-state index in [2.05, 4.69) is 0 Å². The number of anilines is 1. The average molecular weight is 333 g/mol. The van der Waals surface area contributed by atoms with E-state index in [0.29, 0.717) is 23.5 Å². The summed E-state index contributed by atoms with van der Waals surface area (Å²) in [5, 5.41) is 8.80. The third-order valence-corrected chi connectivity index (χ3v) is 6.95. The van der Waals surface area contributed by atoms with Crippen LogP contribution in [0, 0.1) is 5.82 Å². The summed E-state index contributed by atoms with van der Waals surface area (Å²) in [6, 6.07) is 4.48. The zero-order valence-electron chi connectivity index (χ0n) is 12.1. The molecule has 0 bridgehead atoms. The first-order valence-electron chi connectivity index (χ1n) is 6.90. The fourth-order valence-electron chi connectivity index (χ4n) is 2.36. The van der Waals surface area contributed by atoms with Crippen molar-refractivity contribution < 1.29 is 17.9 Å². The molecule has 1 heterocycles. The van der Waals surface area contributed by atoms with Crippen LogP contribution in [0.2, 0.25) is 0 Å². The number of aliphatic hydroxyl groups excluding tert-OH is 1. The molecule has 7 heteroatoms. The second-order valence-corrected chi connectivity index (χ2v) is 8.66. The number of thioether (sulfide) groups is 1. The third-order valence-electron chi connectivity index (χ3n) is 3.67. The molecular formula is C14H20FNO3S2. The first-order chi connectivity index (χ1) is 9.86. The van der Waals surface area contributed by atoms with Crippen molar-refractivity contribution >= 4 is 27.3 Å². The Labute approximate surface area is 129 Å². The Morgan fingerprint density at radius 2 is 2.24 bits per heavy atom. The van der Waals surface area contributed by atoms with E-state index in [-0.39, 0.29) is 5.75 Å². The predicted molar refractivity (Wildman–Crippen MR) is 85.0 cm³/mol. The summed E-state index contributed by atoms with van der Waals surface area (Å²) in [7, 11) is -3.27. The molecule has 2 atom stereocenters. The second-order valence-electron chi connectivity index (χ2n) is 5.06. The highest BCUT2D eigenvalue weighted by Gasteiger charge is 2.34. The van der Waals surface area contributed by atoms with Crippen molar-refractivity contribution in [1.82, 2.24) is 0 Å². The van der Waals surface area contributed by atoms with Crippen molar-refractivity contribution in [3.8, 4) is 0 Å². The van der Waals surface area contributed by atoms with E-state index < -0.39 is 27.1 Å². The van der Waals surface area contributed by atoms with Crippen LogP contribution in [0.5, 0.6) is 0 Å². The summed E-state index contributed by atoms with van der Waals surface area (Å²) in [6.45, 7) is 3.68. The summed E-state index contributed by atoms with van der Waals surface area (Å²) in [4.78, 5) is 1.64. The van der Waals surface area contributed by atoms with Gasteiger partial charge in [0, 0.05) is 23.8 Å². The lowest BCUT2D eigenvalue weighted by atomic mass is 10.1. The number of halogens is 1. The molecule has 0 aliphatic carbocycles. The molecule has 1 fully saturated rings. The second kappa shape index (κ2) is 6.54. The normalized spacial score (nSPS) is 21.3. The highest BCUT2D eigenvalue weighted by molar-refractivity contribution is 8.01. The van der Waals surface area contributed by atoms with Gasteiger partial charge in [0.25, 0.3) is 0 Å². The first-order valence-corrected chi connectivity index (χ1v) is 9.77. The molecule has 1 saturated heterocycles. The molecular weight excluding hydrogens is 313 g/mol. The molecule has 2 rings (SSSR count). The first kappa shape index (κ1) is 16.6. The Hall–Kier alpha value is -0.790. The van der Waals surface area contributed by atoms with Crippen LogP contribution in [-0.2, 0) is 9.84 Å². The van der Waals surface area contributed by atoms with Gasteiger partial charge in [-0.3, -0.25) is 0 Å². The van der Waals surface area contributed by atoms with Gasteiger partial charge in [0.1, 0.15) is 11.2 Å². The molecule has 1 N–H and O–H groups in total. The molecule has 0 saturated carbocycles. The molecule has 0 spiro atoms. The predicted octanol–water partition coefficient (Wildman–Crippen LogP) is 2.19. The van der Waals surface area contributed by atoms with Gasteiger partial charge < -0.3 is 10.0 Å². The minimum absolute atomic E-state index is 0.0438. The van der Waals surface area contributed by atoms with E-state index in [9.17, 15) is 17.9 Å². The number of aliphatic hydroxyl groups is 1.